The first-order valence-electron chi connectivity index (χ1n) is 8.42. The summed E-state index contributed by atoms with van der Waals surface area (Å²) < 4.78 is 2.14. The lowest BCUT2D eigenvalue weighted by Crippen LogP contribution is -2.37. The van der Waals surface area contributed by atoms with Crippen LogP contribution in [0.4, 0.5) is 5.95 Å². The number of hydrogen-bond donors (Lipinski definition) is 3. The van der Waals surface area contributed by atoms with Crippen LogP contribution in [0.1, 0.15) is 38.1 Å². The van der Waals surface area contributed by atoms with Crippen LogP contribution in [0.2, 0.25) is 0 Å². The first-order chi connectivity index (χ1) is 11.7. The van der Waals surface area contributed by atoms with E-state index in [1.54, 1.807) is 0 Å². The summed E-state index contributed by atoms with van der Waals surface area (Å²) in [6.45, 7) is -0.238. The molecular formula is C17H23N5O2. The highest BCUT2D eigenvalue weighted by Gasteiger charge is 2.22. The van der Waals surface area contributed by atoms with Crippen molar-refractivity contribution in [3.63, 3.8) is 0 Å². The van der Waals surface area contributed by atoms with Gasteiger partial charge in [-0.2, -0.15) is 0 Å². The molecule has 1 fully saturated rings. The first-order valence-corrected chi connectivity index (χ1v) is 8.42. The molecule has 0 aliphatic heterocycles. The summed E-state index contributed by atoms with van der Waals surface area (Å²) in [6.07, 6.45) is 5.82. The number of rotatable bonds is 5. The molecule has 7 nitrogen and oxygen atoms in total. The number of benzene rings is 1. The average molecular weight is 329 g/mol. The number of nitrogens with one attached hydrogen (secondary N) is 2. The Balaban J connectivity index is 1.83. The second kappa shape index (κ2) is 7.44. The average Bonchev–Trinajstić information content (AvgIpc) is 2.98. The van der Waals surface area contributed by atoms with Gasteiger partial charge in [0.2, 0.25) is 17.8 Å². The zero-order chi connectivity index (χ0) is 16.9. The molecule has 3 rings (SSSR count). The smallest absolute Gasteiger partial charge is 0.246 e. The topological polar surface area (TPSA) is 102 Å². The molecule has 0 bridgehead atoms. The van der Waals surface area contributed by atoms with E-state index in [0.29, 0.717) is 12.0 Å². The maximum Gasteiger partial charge on any atom is 0.246 e. The fraction of sp³-hybridized carbons (Fsp3) is 0.471. The minimum atomic E-state index is -0.356. The van der Waals surface area contributed by atoms with Gasteiger partial charge in [0.25, 0.3) is 0 Å². The van der Waals surface area contributed by atoms with Crippen LogP contribution in [-0.2, 0) is 9.59 Å². The van der Waals surface area contributed by atoms with Gasteiger partial charge in [0, 0.05) is 6.04 Å². The molecule has 4 N–H and O–H groups in total. The minimum Gasteiger partial charge on any atom is -0.346 e. The Bertz CT molecular complexity index is 734. The van der Waals surface area contributed by atoms with Crippen molar-refractivity contribution >= 4 is 28.8 Å². The van der Waals surface area contributed by atoms with Gasteiger partial charge in [0.05, 0.1) is 24.1 Å². The van der Waals surface area contributed by atoms with Crippen LogP contribution in [0, 0.1) is 0 Å². The molecule has 1 aromatic carbocycles. The van der Waals surface area contributed by atoms with E-state index in [2.05, 4.69) is 20.2 Å². The van der Waals surface area contributed by atoms with Crippen molar-refractivity contribution in [1.82, 2.24) is 14.9 Å². The summed E-state index contributed by atoms with van der Waals surface area (Å²) in [5.74, 6) is -0.106. The van der Waals surface area contributed by atoms with Crippen molar-refractivity contribution in [3.05, 3.63) is 24.3 Å². The van der Waals surface area contributed by atoms with Crippen molar-refractivity contribution in [2.45, 2.75) is 38.1 Å². The Morgan fingerprint density at radius 3 is 2.67 bits per heavy atom. The molecule has 1 heterocycles. The van der Waals surface area contributed by atoms with E-state index in [4.69, 9.17) is 5.73 Å². The van der Waals surface area contributed by atoms with Gasteiger partial charge in [0.15, 0.2) is 0 Å². The maximum atomic E-state index is 12.1. The molecule has 2 amide bonds. The van der Waals surface area contributed by atoms with Crippen LogP contribution in [0.25, 0.3) is 11.0 Å². The molecule has 1 aliphatic rings. The van der Waals surface area contributed by atoms with Gasteiger partial charge in [-0.3, -0.25) is 14.9 Å². The Labute approximate surface area is 140 Å². The second-order valence-corrected chi connectivity index (χ2v) is 6.11. The van der Waals surface area contributed by atoms with E-state index >= 15 is 0 Å². The Morgan fingerprint density at radius 1 is 1.17 bits per heavy atom. The predicted octanol–water partition coefficient (Wildman–Crippen LogP) is 1.55. The lowest BCUT2D eigenvalue weighted by molar-refractivity contribution is -0.123. The summed E-state index contributed by atoms with van der Waals surface area (Å²) in [5, 5.41) is 5.31. The number of amides is 2. The number of nitrogens with two attached hydrogens (primary N) is 1. The van der Waals surface area contributed by atoms with Crippen molar-refractivity contribution in [3.8, 4) is 0 Å². The third-order valence-corrected chi connectivity index (χ3v) is 4.42. The first kappa shape index (κ1) is 16.4. The molecule has 24 heavy (non-hydrogen) atoms. The van der Waals surface area contributed by atoms with Crippen LogP contribution >= 0.6 is 0 Å². The number of para-hydroxylation sites is 2. The van der Waals surface area contributed by atoms with Crippen molar-refractivity contribution in [2.24, 2.45) is 5.73 Å². The maximum absolute atomic E-state index is 12.1. The summed E-state index contributed by atoms with van der Waals surface area (Å²) in [4.78, 5) is 27.9. The Hall–Kier alpha value is -2.41. The molecule has 0 unspecified atom stereocenters. The molecule has 1 aromatic heterocycles. The largest absolute Gasteiger partial charge is 0.346 e. The van der Waals surface area contributed by atoms with E-state index < -0.39 is 0 Å². The minimum absolute atomic E-state index is 0.107. The zero-order valence-electron chi connectivity index (χ0n) is 13.6. The molecule has 1 aliphatic carbocycles. The number of carbonyl (C=O) groups is 2. The van der Waals surface area contributed by atoms with E-state index in [1.807, 2.05) is 24.3 Å². The second-order valence-electron chi connectivity index (χ2n) is 6.11. The van der Waals surface area contributed by atoms with Crippen LogP contribution in [0.15, 0.2) is 24.3 Å². The summed E-state index contributed by atoms with van der Waals surface area (Å²) in [7, 11) is 0. The monoisotopic (exact) mass is 329 g/mol. The number of aromatic nitrogens is 2. The Morgan fingerprint density at radius 2 is 1.92 bits per heavy atom. The highest BCUT2D eigenvalue weighted by molar-refractivity contribution is 5.95. The highest BCUT2D eigenvalue weighted by Crippen LogP contribution is 2.34. The fourth-order valence-corrected chi connectivity index (χ4v) is 3.26. The van der Waals surface area contributed by atoms with Gasteiger partial charge in [-0.25, -0.2) is 4.98 Å². The van der Waals surface area contributed by atoms with E-state index in [-0.39, 0.29) is 24.9 Å². The van der Waals surface area contributed by atoms with Crippen LogP contribution in [0.5, 0.6) is 0 Å². The van der Waals surface area contributed by atoms with Crippen LogP contribution in [-0.4, -0.2) is 34.5 Å². The van der Waals surface area contributed by atoms with Gasteiger partial charge in [-0.1, -0.05) is 31.4 Å². The van der Waals surface area contributed by atoms with Gasteiger partial charge in [-0.05, 0) is 25.0 Å². The summed E-state index contributed by atoms with van der Waals surface area (Å²) in [6, 6.07) is 8.24. The van der Waals surface area contributed by atoms with Gasteiger partial charge in [0.1, 0.15) is 0 Å². The molecule has 2 aromatic rings. The number of fused-ring (bicyclic) bond motifs is 1. The highest BCUT2D eigenvalue weighted by atomic mass is 16.2. The third-order valence-electron chi connectivity index (χ3n) is 4.42. The SMILES string of the molecule is NCC(=O)NCC(=O)Nc1nc2ccccc2n1C1CCCCC1. The molecule has 0 spiro atoms. The van der Waals surface area contributed by atoms with Crippen LogP contribution in [0.3, 0.4) is 0 Å². The van der Waals surface area contributed by atoms with Gasteiger partial charge in [-0.15, -0.1) is 0 Å². The van der Waals surface area contributed by atoms with Crippen molar-refractivity contribution in [1.29, 1.82) is 0 Å². The van der Waals surface area contributed by atoms with E-state index in [0.717, 1.165) is 23.9 Å². The van der Waals surface area contributed by atoms with Crippen molar-refractivity contribution < 1.29 is 9.59 Å². The number of hydrogen-bond acceptors (Lipinski definition) is 4. The number of imidazole rings is 1. The molecule has 1 saturated carbocycles. The quantitative estimate of drug-likeness (QED) is 0.774. The predicted molar refractivity (Wildman–Crippen MR) is 92.5 cm³/mol. The molecule has 128 valence electrons. The third kappa shape index (κ3) is 3.56. The fourth-order valence-electron chi connectivity index (χ4n) is 3.26. The molecule has 0 saturated heterocycles. The zero-order valence-corrected chi connectivity index (χ0v) is 13.6. The molecule has 7 heteroatoms. The molecule has 0 atom stereocenters. The lowest BCUT2D eigenvalue weighted by Gasteiger charge is -2.25. The normalized spacial score (nSPS) is 15.4. The van der Waals surface area contributed by atoms with Gasteiger partial charge >= 0.3 is 0 Å². The standard InChI is InChI=1S/C17H23N5O2/c18-10-15(23)19-11-16(24)21-17-20-13-8-4-5-9-14(13)22(17)12-6-2-1-3-7-12/h4-5,8-9,12H,1-3,6-7,10-11,18H2,(H,19,23)(H,20,21,24). The Kier molecular flexibility index (Phi) is 5.10. The number of nitrogens with zero attached hydrogens (tertiary/aromatic N) is 2. The van der Waals surface area contributed by atoms with Crippen LogP contribution < -0.4 is 16.4 Å². The van der Waals surface area contributed by atoms with Crippen molar-refractivity contribution in [2.75, 3.05) is 18.4 Å². The summed E-state index contributed by atoms with van der Waals surface area (Å²) in [5.41, 5.74) is 7.12. The summed E-state index contributed by atoms with van der Waals surface area (Å²) >= 11 is 0. The van der Waals surface area contributed by atoms with Gasteiger partial charge < -0.3 is 15.6 Å². The lowest BCUT2D eigenvalue weighted by atomic mass is 9.95. The molecular weight excluding hydrogens is 306 g/mol. The number of anilines is 1. The number of carbonyl (C=O) groups excluding carboxylic acids is 2. The molecule has 0 radical (unpaired) electrons. The van der Waals surface area contributed by atoms with E-state index in [9.17, 15) is 9.59 Å². The van der Waals surface area contributed by atoms with E-state index in [1.165, 1.54) is 19.3 Å².